The summed E-state index contributed by atoms with van der Waals surface area (Å²) in [5.41, 5.74) is 2.56. The molecule has 0 atom stereocenters. The summed E-state index contributed by atoms with van der Waals surface area (Å²) < 4.78 is 26.8. The Kier molecular flexibility index (Phi) is 9.06. The van der Waals surface area contributed by atoms with Crippen molar-refractivity contribution in [2.24, 2.45) is 0 Å². The van der Waals surface area contributed by atoms with Crippen LogP contribution in [0.4, 0.5) is 5.82 Å². The fourth-order valence-corrected chi connectivity index (χ4v) is 4.83. The first kappa shape index (κ1) is 27.4. The van der Waals surface area contributed by atoms with Crippen molar-refractivity contribution < 1.29 is 28.4 Å². The lowest BCUT2D eigenvalue weighted by Crippen LogP contribution is -2.12. The van der Waals surface area contributed by atoms with Gasteiger partial charge < -0.3 is 19.8 Å². The first-order chi connectivity index (χ1) is 17.7. The van der Waals surface area contributed by atoms with Gasteiger partial charge in [-0.1, -0.05) is 26.2 Å². The van der Waals surface area contributed by atoms with E-state index in [-0.39, 0.29) is 5.91 Å². The van der Waals surface area contributed by atoms with Crippen LogP contribution in [-0.2, 0) is 15.6 Å². The Hall–Kier alpha value is -2.67. The number of anilines is 1. The summed E-state index contributed by atoms with van der Waals surface area (Å²) in [6.45, 7) is 2.24. The fraction of sp³-hybridized carbons (Fsp3) is 0.304. The van der Waals surface area contributed by atoms with Crippen molar-refractivity contribution in [3.05, 3.63) is 51.9 Å². The number of nitrogens with one attached hydrogen (secondary N) is 1. The maximum atomic E-state index is 12.7. The van der Waals surface area contributed by atoms with Gasteiger partial charge in [0.1, 0.15) is 5.75 Å². The number of halogens is 1. The predicted octanol–water partition coefficient (Wildman–Crippen LogP) is 5.60. The number of fused-ring (bicyclic) bond motifs is 1. The van der Waals surface area contributed by atoms with Gasteiger partial charge in [0.25, 0.3) is 5.91 Å². The van der Waals surface area contributed by atoms with Gasteiger partial charge in [-0.25, -0.2) is 23.1 Å². The number of aromatic nitrogens is 4. The molecule has 4 aromatic rings. The number of phosphoric acid groups is 1. The van der Waals surface area contributed by atoms with Crippen molar-refractivity contribution in [2.45, 2.75) is 39.2 Å². The first-order valence-corrected chi connectivity index (χ1v) is 14.6. The van der Waals surface area contributed by atoms with Crippen LogP contribution in [0.2, 0.25) is 0 Å². The molecular weight excluding hydrogens is 585 g/mol. The van der Waals surface area contributed by atoms with Crippen LogP contribution < -0.4 is 10.1 Å². The number of phosphoric ester groups is 1. The Morgan fingerprint density at radius 2 is 2.00 bits per heavy atom. The molecule has 3 N–H and O–H groups in total. The van der Waals surface area contributed by atoms with Crippen LogP contribution >= 0.6 is 35.3 Å². The van der Waals surface area contributed by atoms with Gasteiger partial charge in [-0.3, -0.25) is 4.79 Å². The average molecular weight is 610 g/mol. The molecule has 4 rings (SSSR count). The highest BCUT2D eigenvalue weighted by Crippen LogP contribution is 2.36. The van der Waals surface area contributed by atoms with Crippen LogP contribution in [0.5, 0.6) is 5.75 Å². The number of carbonyl (C=O) groups excluding carboxylic acids is 1. The third-order valence-corrected chi connectivity index (χ3v) is 7.03. The minimum atomic E-state index is -4.61. The van der Waals surface area contributed by atoms with Gasteiger partial charge in [0, 0.05) is 22.0 Å². The summed E-state index contributed by atoms with van der Waals surface area (Å²) in [4.78, 5) is 35.1. The lowest BCUT2D eigenvalue weighted by atomic mass is 10.1. The highest BCUT2D eigenvalue weighted by atomic mass is 79.9. The van der Waals surface area contributed by atoms with Gasteiger partial charge in [0.2, 0.25) is 0 Å². The molecule has 0 radical (unpaired) electrons. The van der Waals surface area contributed by atoms with Crippen molar-refractivity contribution in [2.75, 3.05) is 12.1 Å². The number of aryl methyl sites for hydroxylation is 1. The molecule has 0 aliphatic carbocycles. The van der Waals surface area contributed by atoms with E-state index >= 15 is 0 Å². The maximum absolute atomic E-state index is 12.7. The van der Waals surface area contributed by atoms with Crippen LogP contribution in [-0.4, -0.2) is 41.6 Å². The second-order valence-electron chi connectivity index (χ2n) is 8.10. The predicted molar refractivity (Wildman–Crippen MR) is 143 cm³/mol. The molecule has 0 saturated heterocycles. The van der Waals surface area contributed by atoms with Crippen LogP contribution in [0.1, 0.15) is 43.0 Å². The van der Waals surface area contributed by atoms with Gasteiger partial charge in [-0.15, -0.1) is 0 Å². The zero-order valence-electron chi connectivity index (χ0n) is 19.8. The van der Waals surface area contributed by atoms with Gasteiger partial charge in [0.15, 0.2) is 18.3 Å². The minimum absolute atomic E-state index is 0.287. The van der Waals surface area contributed by atoms with E-state index in [1.165, 1.54) is 17.7 Å². The molecule has 0 aliphatic rings. The molecular formula is C23H25BrN5O6PS. The monoisotopic (exact) mass is 609 g/mol. The summed E-state index contributed by atoms with van der Waals surface area (Å²) in [5, 5.41) is 9.94. The van der Waals surface area contributed by atoms with Gasteiger partial charge in [-0.2, -0.15) is 5.10 Å². The van der Waals surface area contributed by atoms with E-state index in [1.54, 1.807) is 29.6 Å². The summed E-state index contributed by atoms with van der Waals surface area (Å²) in [5.74, 6) is 0.517. The molecule has 0 saturated carbocycles. The highest BCUT2D eigenvalue weighted by molar-refractivity contribution is 9.10. The van der Waals surface area contributed by atoms with Crippen LogP contribution in [0.25, 0.3) is 22.3 Å². The average Bonchev–Trinajstić information content (AvgIpc) is 3.50. The Bertz CT molecular complexity index is 1410. The fourth-order valence-electron chi connectivity index (χ4n) is 3.58. The van der Waals surface area contributed by atoms with Crippen molar-refractivity contribution in [1.29, 1.82) is 0 Å². The molecule has 1 amide bonds. The highest BCUT2D eigenvalue weighted by Gasteiger charge is 2.19. The zero-order valence-corrected chi connectivity index (χ0v) is 23.1. The molecule has 37 heavy (non-hydrogen) atoms. The molecule has 3 heterocycles. The zero-order chi connectivity index (χ0) is 26.4. The standard InChI is InChI=1S/C23H25BrN5O6PS/c1-2-3-4-5-10-29-22-18(21(28-29)27-23(30)16-12-25-37-13-16)11-19(24)20(26-22)15-6-8-17(9-7-15)34-14-35-36(31,32)33/h6-9,11-13H,2-5,10,14H2,1H3,(H,27,28,30)(H2,31,32,33). The molecule has 14 heteroatoms. The SMILES string of the molecule is CCCCCCn1nc(NC(=O)c2cnsc2)c2cc(Br)c(-c3ccc(OCOP(=O)(O)O)cc3)nc21. The Morgan fingerprint density at radius 3 is 2.68 bits per heavy atom. The smallest absolute Gasteiger partial charge is 0.467 e. The van der Waals surface area contributed by atoms with Crippen molar-refractivity contribution in [1.82, 2.24) is 19.1 Å². The Labute approximate surface area is 225 Å². The van der Waals surface area contributed by atoms with E-state index in [4.69, 9.17) is 19.5 Å². The summed E-state index contributed by atoms with van der Waals surface area (Å²) in [7, 11) is -4.61. The number of benzene rings is 1. The number of rotatable bonds is 12. The topological polar surface area (TPSA) is 149 Å². The first-order valence-electron chi connectivity index (χ1n) is 11.5. The van der Waals surface area contributed by atoms with E-state index in [9.17, 15) is 9.36 Å². The van der Waals surface area contributed by atoms with Gasteiger partial charge >= 0.3 is 7.82 Å². The molecule has 0 aliphatic heterocycles. The van der Waals surface area contributed by atoms with Crippen molar-refractivity contribution in [3.8, 4) is 17.0 Å². The van der Waals surface area contributed by atoms with E-state index in [1.807, 2.05) is 10.7 Å². The molecule has 0 bridgehead atoms. The number of carbonyl (C=O) groups is 1. The minimum Gasteiger partial charge on any atom is -0.467 e. The molecule has 1 aromatic carbocycles. The maximum Gasteiger partial charge on any atom is 0.472 e. The largest absolute Gasteiger partial charge is 0.472 e. The number of pyridine rings is 1. The number of hydrogen-bond donors (Lipinski definition) is 3. The lowest BCUT2D eigenvalue weighted by molar-refractivity contribution is 0.0829. The quantitative estimate of drug-likeness (QED) is 0.106. The molecule has 3 aromatic heterocycles. The number of ether oxygens (including phenoxy) is 1. The Balaban J connectivity index is 1.62. The van der Waals surface area contributed by atoms with Crippen LogP contribution in [0.15, 0.2) is 46.4 Å². The second-order valence-corrected chi connectivity index (χ2v) is 10.8. The molecule has 11 nitrogen and oxygen atoms in total. The van der Waals surface area contributed by atoms with E-state index in [0.717, 1.165) is 31.2 Å². The van der Waals surface area contributed by atoms with Gasteiger partial charge in [0.05, 0.1) is 22.8 Å². The van der Waals surface area contributed by atoms with E-state index in [2.05, 4.69) is 42.2 Å². The Morgan fingerprint density at radius 1 is 1.22 bits per heavy atom. The summed E-state index contributed by atoms with van der Waals surface area (Å²) >= 11 is 4.80. The molecule has 196 valence electrons. The van der Waals surface area contributed by atoms with Gasteiger partial charge in [-0.05, 0) is 64.2 Å². The number of hydrogen-bond acceptors (Lipinski definition) is 8. The number of amides is 1. The normalized spacial score (nSPS) is 11.7. The summed E-state index contributed by atoms with van der Waals surface area (Å²) in [6.07, 6.45) is 5.77. The van der Waals surface area contributed by atoms with E-state index < -0.39 is 14.6 Å². The second kappa shape index (κ2) is 12.2. The third kappa shape index (κ3) is 7.22. The van der Waals surface area contributed by atoms with Crippen LogP contribution in [0, 0.1) is 0 Å². The van der Waals surface area contributed by atoms with Crippen LogP contribution in [0.3, 0.4) is 0 Å². The summed E-state index contributed by atoms with van der Waals surface area (Å²) in [6, 6.07) is 8.74. The molecule has 0 unspecified atom stereocenters. The number of unbranched alkanes of at least 4 members (excludes halogenated alkanes) is 3. The van der Waals surface area contributed by atoms with Crippen molar-refractivity contribution in [3.63, 3.8) is 0 Å². The molecule has 0 spiro atoms. The number of nitrogens with zero attached hydrogens (tertiary/aromatic N) is 4. The lowest BCUT2D eigenvalue weighted by Gasteiger charge is -2.10. The van der Waals surface area contributed by atoms with Crippen molar-refractivity contribution >= 4 is 58.0 Å². The molecule has 0 fully saturated rings. The van der Waals surface area contributed by atoms with E-state index in [0.29, 0.717) is 44.9 Å². The third-order valence-electron chi connectivity index (χ3n) is 5.40.